The van der Waals surface area contributed by atoms with E-state index >= 15 is 0 Å². The Kier molecular flexibility index (Phi) is 4.63. The zero-order valence-corrected chi connectivity index (χ0v) is 19.8. The van der Waals surface area contributed by atoms with E-state index in [9.17, 15) is 19.8 Å². The van der Waals surface area contributed by atoms with Gasteiger partial charge in [-0.15, -0.1) is 0 Å². The van der Waals surface area contributed by atoms with Gasteiger partial charge in [0.1, 0.15) is 11.9 Å². The van der Waals surface area contributed by atoms with Crippen molar-refractivity contribution in [1.29, 1.82) is 0 Å². The smallest absolute Gasteiger partial charge is 0.310 e. The van der Waals surface area contributed by atoms with Crippen molar-refractivity contribution < 1.29 is 24.5 Å². The van der Waals surface area contributed by atoms with Crippen molar-refractivity contribution >= 4 is 11.8 Å². The molecule has 5 nitrogen and oxygen atoms in total. The zero-order valence-electron chi connectivity index (χ0n) is 19.8. The monoisotopic (exact) mass is 432 g/mol. The van der Waals surface area contributed by atoms with Gasteiger partial charge in [-0.25, -0.2) is 0 Å². The summed E-state index contributed by atoms with van der Waals surface area (Å²) in [5.41, 5.74) is -0.453. The van der Waals surface area contributed by atoms with E-state index in [2.05, 4.69) is 27.7 Å². The van der Waals surface area contributed by atoms with E-state index in [0.717, 1.165) is 32.1 Å². The molecular formula is C26H40O5. The molecule has 0 spiro atoms. The lowest BCUT2D eigenvalue weighted by Crippen LogP contribution is -2.68. The van der Waals surface area contributed by atoms with Crippen LogP contribution in [0.15, 0.2) is 0 Å². The van der Waals surface area contributed by atoms with Crippen LogP contribution in [0.3, 0.4) is 0 Å². The lowest BCUT2D eigenvalue weighted by Gasteiger charge is -2.70. The molecule has 0 amide bonds. The van der Waals surface area contributed by atoms with Gasteiger partial charge in [-0.1, -0.05) is 34.1 Å². The largest absolute Gasteiger partial charge is 0.461 e. The summed E-state index contributed by atoms with van der Waals surface area (Å²) in [6.45, 7) is 10.9. The molecule has 5 rings (SSSR count). The van der Waals surface area contributed by atoms with Crippen LogP contribution in [0.1, 0.15) is 79.6 Å². The Morgan fingerprint density at radius 3 is 2.42 bits per heavy atom. The highest BCUT2D eigenvalue weighted by molar-refractivity contribution is 5.88. The number of ether oxygens (including phenoxy) is 1. The van der Waals surface area contributed by atoms with E-state index in [1.165, 1.54) is 13.3 Å². The summed E-state index contributed by atoms with van der Waals surface area (Å²) >= 11 is 0. The van der Waals surface area contributed by atoms with E-state index in [4.69, 9.17) is 4.74 Å². The number of carbonyl (C=O) groups excluding carboxylic acids is 2. The average Bonchev–Trinajstić information content (AvgIpc) is 2.93. The van der Waals surface area contributed by atoms with Gasteiger partial charge in [-0.05, 0) is 74.0 Å². The molecule has 174 valence electrons. The fraction of sp³-hybridized carbons (Fsp3) is 0.923. The SMILES string of the molecule is CC(=O)[C@@H]1[C@@H](O)CC2[C@]3(C)CCC4C(C)(C)CCC[C@]4(CO)C3C[C@H]3OC(=O)[C@@H]1[C@]23C. The van der Waals surface area contributed by atoms with Gasteiger partial charge in [0.05, 0.1) is 17.9 Å². The third kappa shape index (κ3) is 2.51. The summed E-state index contributed by atoms with van der Waals surface area (Å²) in [4.78, 5) is 25.6. The van der Waals surface area contributed by atoms with Crippen molar-refractivity contribution in [3.8, 4) is 0 Å². The zero-order chi connectivity index (χ0) is 22.6. The van der Waals surface area contributed by atoms with Gasteiger partial charge in [0, 0.05) is 17.4 Å². The number of hydrogen-bond donors (Lipinski definition) is 2. The van der Waals surface area contributed by atoms with Crippen LogP contribution in [0, 0.1) is 51.2 Å². The highest BCUT2D eigenvalue weighted by atomic mass is 16.6. The molecule has 10 atom stereocenters. The van der Waals surface area contributed by atoms with Crippen LogP contribution in [-0.2, 0) is 14.3 Å². The lowest BCUT2D eigenvalue weighted by atomic mass is 9.34. The third-order valence-corrected chi connectivity index (χ3v) is 11.4. The summed E-state index contributed by atoms with van der Waals surface area (Å²) in [5.74, 6) is -0.765. The maximum atomic E-state index is 13.1. The number of ketones is 1. The predicted octanol–water partition coefficient (Wildman–Crippen LogP) is 3.75. The van der Waals surface area contributed by atoms with Crippen molar-refractivity contribution in [2.45, 2.75) is 91.8 Å². The van der Waals surface area contributed by atoms with Gasteiger partial charge in [0.2, 0.25) is 0 Å². The molecule has 31 heavy (non-hydrogen) atoms. The van der Waals surface area contributed by atoms with Crippen molar-refractivity contribution in [2.24, 2.45) is 51.2 Å². The molecule has 0 bridgehead atoms. The Bertz CT molecular complexity index is 806. The average molecular weight is 433 g/mol. The molecule has 0 radical (unpaired) electrons. The minimum atomic E-state index is -0.798. The molecule has 2 N–H and O–H groups in total. The highest BCUT2D eigenvalue weighted by Crippen LogP contribution is 2.75. The molecule has 1 heterocycles. The molecule has 0 aromatic rings. The fourth-order valence-electron chi connectivity index (χ4n) is 10.2. The standard InChI is InChI=1S/C26H40O5/c1-14(28)20-15(29)11-17-24(4)10-7-16-23(2,3)8-6-9-26(16,13-27)18(24)12-19-25(17,5)21(20)22(30)31-19/h15-21,27,29H,6-13H2,1-5H3/t15-,16?,17?,18?,19+,20+,21+,24-,25+,26+/m0/s1. The van der Waals surface area contributed by atoms with Crippen LogP contribution in [0.4, 0.5) is 0 Å². The number of fused-ring (bicyclic) bond motifs is 4. The molecule has 5 heteroatoms. The molecule has 4 aliphatic carbocycles. The van der Waals surface area contributed by atoms with Crippen molar-refractivity contribution in [1.82, 2.24) is 0 Å². The minimum absolute atomic E-state index is 0.0765. The molecule has 1 saturated heterocycles. The number of rotatable bonds is 2. The van der Waals surface area contributed by atoms with E-state index in [1.807, 2.05) is 0 Å². The third-order valence-electron chi connectivity index (χ3n) is 11.4. The second-order valence-electron chi connectivity index (χ2n) is 12.9. The van der Waals surface area contributed by atoms with Crippen LogP contribution < -0.4 is 0 Å². The maximum Gasteiger partial charge on any atom is 0.310 e. The van der Waals surface area contributed by atoms with E-state index in [0.29, 0.717) is 12.3 Å². The second kappa shape index (κ2) is 6.56. The second-order valence-corrected chi connectivity index (χ2v) is 12.9. The van der Waals surface area contributed by atoms with Gasteiger partial charge in [-0.2, -0.15) is 0 Å². The van der Waals surface area contributed by atoms with E-state index < -0.39 is 23.4 Å². The van der Waals surface area contributed by atoms with Crippen LogP contribution in [-0.4, -0.2) is 40.8 Å². The first-order chi connectivity index (χ1) is 14.4. The molecule has 5 fully saturated rings. The molecule has 5 aliphatic rings. The molecular weight excluding hydrogens is 392 g/mol. The first-order valence-corrected chi connectivity index (χ1v) is 12.4. The fourth-order valence-corrected chi connectivity index (χ4v) is 10.2. The Morgan fingerprint density at radius 2 is 1.77 bits per heavy atom. The van der Waals surface area contributed by atoms with Gasteiger partial charge < -0.3 is 14.9 Å². The van der Waals surface area contributed by atoms with Crippen molar-refractivity contribution in [3.05, 3.63) is 0 Å². The number of esters is 1. The summed E-state index contributed by atoms with van der Waals surface area (Å²) in [7, 11) is 0. The lowest BCUT2D eigenvalue weighted by molar-refractivity contribution is -0.247. The van der Waals surface area contributed by atoms with Crippen LogP contribution >= 0.6 is 0 Å². The van der Waals surface area contributed by atoms with Gasteiger partial charge in [0.15, 0.2) is 0 Å². The summed E-state index contributed by atoms with van der Waals surface area (Å²) in [6, 6.07) is 0. The van der Waals surface area contributed by atoms with Crippen LogP contribution in [0.5, 0.6) is 0 Å². The molecule has 0 aromatic heterocycles. The Hall–Kier alpha value is -0.940. The highest BCUT2D eigenvalue weighted by Gasteiger charge is 2.75. The van der Waals surface area contributed by atoms with Gasteiger partial charge in [-0.3, -0.25) is 9.59 Å². The number of Topliss-reactive ketones (excluding diaryl/α,β-unsaturated/α-hetero) is 1. The predicted molar refractivity (Wildman–Crippen MR) is 116 cm³/mol. The minimum Gasteiger partial charge on any atom is -0.461 e. The Morgan fingerprint density at radius 1 is 1.06 bits per heavy atom. The van der Waals surface area contributed by atoms with Crippen molar-refractivity contribution in [2.75, 3.05) is 6.61 Å². The first-order valence-electron chi connectivity index (χ1n) is 12.4. The van der Waals surface area contributed by atoms with Gasteiger partial charge in [0.25, 0.3) is 0 Å². The molecule has 4 saturated carbocycles. The summed E-state index contributed by atoms with van der Waals surface area (Å²) in [6.07, 6.45) is 5.80. The van der Waals surface area contributed by atoms with Crippen LogP contribution in [0.2, 0.25) is 0 Å². The number of hydrogen-bond acceptors (Lipinski definition) is 5. The molecule has 3 unspecified atom stereocenters. The van der Waals surface area contributed by atoms with Crippen LogP contribution in [0.25, 0.3) is 0 Å². The number of aliphatic hydroxyl groups is 2. The Labute approximate surface area is 186 Å². The first kappa shape index (κ1) is 21.9. The number of aliphatic hydroxyl groups excluding tert-OH is 2. The normalized spacial score (nSPS) is 54.9. The van der Waals surface area contributed by atoms with E-state index in [-0.39, 0.29) is 52.5 Å². The maximum absolute atomic E-state index is 13.1. The topological polar surface area (TPSA) is 83.8 Å². The summed E-state index contributed by atoms with van der Waals surface area (Å²) in [5, 5.41) is 22.0. The number of carbonyl (C=O) groups is 2. The quantitative estimate of drug-likeness (QED) is 0.650. The Balaban J connectivity index is 1.63. The summed E-state index contributed by atoms with van der Waals surface area (Å²) < 4.78 is 6.04. The van der Waals surface area contributed by atoms with Crippen molar-refractivity contribution in [3.63, 3.8) is 0 Å². The molecule has 1 aliphatic heterocycles. The van der Waals surface area contributed by atoms with Gasteiger partial charge >= 0.3 is 5.97 Å². The van der Waals surface area contributed by atoms with E-state index in [1.54, 1.807) is 0 Å². The molecule has 0 aromatic carbocycles.